The van der Waals surface area contributed by atoms with Gasteiger partial charge in [0.05, 0.1) is 0 Å². The Morgan fingerprint density at radius 2 is 2.10 bits per heavy atom. The quantitative estimate of drug-likeness (QED) is 0.632. The van der Waals surface area contributed by atoms with Gasteiger partial charge in [0.1, 0.15) is 5.82 Å². The van der Waals surface area contributed by atoms with Crippen LogP contribution in [-0.4, -0.2) is 31.6 Å². The molecule has 0 spiro atoms. The smallest absolute Gasteiger partial charge is 0.331 e. The molecule has 6 nitrogen and oxygen atoms in total. The number of imide groups is 1. The third-order valence-corrected chi connectivity index (χ3v) is 2.68. The molecule has 0 aliphatic heterocycles. The highest BCUT2D eigenvalue weighted by Gasteiger charge is 2.08. The van der Waals surface area contributed by atoms with Gasteiger partial charge in [-0.15, -0.1) is 0 Å². The zero-order valence-electron chi connectivity index (χ0n) is 11.0. The Kier molecular flexibility index (Phi) is 6.54. The molecular formula is C13H12BrFN2O4. The van der Waals surface area contributed by atoms with Crippen LogP contribution >= 0.6 is 15.9 Å². The summed E-state index contributed by atoms with van der Waals surface area (Å²) in [6, 6.07) is 3.54. The predicted octanol–water partition coefficient (Wildman–Crippen LogP) is 1.60. The molecule has 2 N–H and O–H groups in total. The van der Waals surface area contributed by atoms with Crippen molar-refractivity contribution < 1.29 is 23.5 Å². The highest BCUT2D eigenvalue weighted by molar-refractivity contribution is 9.10. The monoisotopic (exact) mass is 358 g/mol. The summed E-state index contributed by atoms with van der Waals surface area (Å²) in [5.41, 5.74) is 0.191. The minimum Gasteiger partial charge on any atom is -0.452 e. The standard InChI is InChI=1S/C13H12BrFN2O4/c1-16-13(20)17-11(18)7-21-12(19)5-2-8-6-9(14)3-4-10(8)15/h2-6H,7H2,1H3,(H2,16,17,18,20)/b5-2+. The molecule has 1 aromatic rings. The van der Waals surface area contributed by atoms with Crippen LogP contribution in [0.15, 0.2) is 28.7 Å². The topological polar surface area (TPSA) is 84.5 Å². The first-order chi connectivity index (χ1) is 9.92. The number of carbonyl (C=O) groups excluding carboxylic acids is 3. The first-order valence-corrected chi connectivity index (χ1v) is 6.53. The van der Waals surface area contributed by atoms with Crippen molar-refractivity contribution in [3.05, 3.63) is 40.1 Å². The fourth-order valence-electron chi connectivity index (χ4n) is 1.21. The van der Waals surface area contributed by atoms with Gasteiger partial charge in [-0.1, -0.05) is 15.9 Å². The Bertz CT molecular complexity index is 590. The minimum absolute atomic E-state index is 0.191. The summed E-state index contributed by atoms with van der Waals surface area (Å²) in [5, 5.41) is 4.09. The molecule has 0 bridgehead atoms. The van der Waals surface area contributed by atoms with E-state index >= 15 is 0 Å². The SMILES string of the molecule is CNC(=O)NC(=O)COC(=O)/C=C/c1cc(Br)ccc1F. The van der Waals surface area contributed by atoms with Gasteiger partial charge in [0.2, 0.25) is 0 Å². The van der Waals surface area contributed by atoms with Gasteiger partial charge in [0, 0.05) is 23.2 Å². The summed E-state index contributed by atoms with van der Waals surface area (Å²) in [4.78, 5) is 33.3. The molecule has 0 aliphatic rings. The third-order valence-electron chi connectivity index (χ3n) is 2.18. The van der Waals surface area contributed by atoms with Crippen molar-refractivity contribution in [3.63, 3.8) is 0 Å². The molecule has 8 heteroatoms. The number of urea groups is 1. The van der Waals surface area contributed by atoms with Crippen LogP contribution in [0.4, 0.5) is 9.18 Å². The second kappa shape index (κ2) is 8.15. The number of hydrogen-bond donors (Lipinski definition) is 2. The minimum atomic E-state index is -0.832. The molecule has 0 radical (unpaired) electrons. The van der Waals surface area contributed by atoms with Crippen LogP contribution in [0.5, 0.6) is 0 Å². The fourth-order valence-corrected chi connectivity index (χ4v) is 1.59. The van der Waals surface area contributed by atoms with Gasteiger partial charge in [-0.3, -0.25) is 10.1 Å². The Labute approximate surface area is 128 Å². The summed E-state index contributed by atoms with van der Waals surface area (Å²) >= 11 is 3.18. The number of hydrogen-bond acceptors (Lipinski definition) is 4. The molecular weight excluding hydrogens is 347 g/mol. The molecule has 112 valence electrons. The van der Waals surface area contributed by atoms with Crippen LogP contribution in [0.3, 0.4) is 0 Å². The Balaban J connectivity index is 2.50. The van der Waals surface area contributed by atoms with Crippen molar-refractivity contribution in [3.8, 4) is 0 Å². The third kappa shape index (κ3) is 6.17. The summed E-state index contributed by atoms with van der Waals surface area (Å²) in [7, 11) is 1.34. The van der Waals surface area contributed by atoms with Crippen molar-refractivity contribution >= 4 is 39.9 Å². The molecule has 1 aromatic carbocycles. The van der Waals surface area contributed by atoms with E-state index in [-0.39, 0.29) is 5.56 Å². The van der Waals surface area contributed by atoms with Gasteiger partial charge in [0.15, 0.2) is 6.61 Å². The second-order valence-corrected chi connectivity index (χ2v) is 4.65. The summed E-state index contributed by atoms with van der Waals surface area (Å²) < 4.78 is 18.6. The lowest BCUT2D eigenvalue weighted by Crippen LogP contribution is -2.39. The first kappa shape index (κ1) is 16.8. The van der Waals surface area contributed by atoms with Gasteiger partial charge >= 0.3 is 12.0 Å². The lowest BCUT2D eigenvalue weighted by molar-refractivity contribution is -0.143. The van der Waals surface area contributed by atoms with E-state index in [1.165, 1.54) is 31.3 Å². The predicted molar refractivity (Wildman–Crippen MR) is 76.7 cm³/mol. The van der Waals surface area contributed by atoms with E-state index < -0.39 is 30.3 Å². The molecule has 0 fully saturated rings. The molecule has 0 saturated carbocycles. The zero-order valence-corrected chi connectivity index (χ0v) is 12.6. The lowest BCUT2D eigenvalue weighted by Gasteiger charge is -2.03. The Morgan fingerprint density at radius 3 is 2.76 bits per heavy atom. The largest absolute Gasteiger partial charge is 0.452 e. The van der Waals surface area contributed by atoms with E-state index in [1.54, 1.807) is 0 Å². The van der Waals surface area contributed by atoms with Gasteiger partial charge < -0.3 is 10.1 Å². The fraction of sp³-hybridized carbons (Fsp3) is 0.154. The van der Waals surface area contributed by atoms with Gasteiger partial charge in [-0.2, -0.15) is 0 Å². The van der Waals surface area contributed by atoms with E-state index in [4.69, 9.17) is 0 Å². The zero-order chi connectivity index (χ0) is 15.8. The molecule has 1 rings (SSSR count). The average Bonchev–Trinajstić information content (AvgIpc) is 2.45. The number of amides is 3. The van der Waals surface area contributed by atoms with Crippen molar-refractivity contribution in [2.24, 2.45) is 0 Å². The molecule has 3 amide bonds. The summed E-state index contributed by atoms with van der Waals surface area (Å²) in [6.45, 7) is -0.614. The summed E-state index contributed by atoms with van der Waals surface area (Å²) in [6.07, 6.45) is 2.21. The maximum Gasteiger partial charge on any atom is 0.331 e. The average molecular weight is 359 g/mol. The van der Waals surface area contributed by atoms with Gasteiger partial charge in [-0.25, -0.2) is 14.0 Å². The number of ether oxygens (including phenoxy) is 1. The number of halogens is 2. The first-order valence-electron chi connectivity index (χ1n) is 5.74. The summed E-state index contributed by atoms with van der Waals surface area (Å²) in [5.74, 6) is -2.11. The Hall–Kier alpha value is -2.22. The van der Waals surface area contributed by atoms with E-state index in [0.717, 1.165) is 6.08 Å². The van der Waals surface area contributed by atoms with Crippen molar-refractivity contribution in [2.75, 3.05) is 13.7 Å². The molecule has 0 aliphatic carbocycles. The van der Waals surface area contributed by atoms with Crippen LogP contribution in [0.25, 0.3) is 6.08 Å². The van der Waals surface area contributed by atoms with E-state index in [9.17, 15) is 18.8 Å². The highest BCUT2D eigenvalue weighted by Crippen LogP contribution is 2.16. The van der Waals surface area contributed by atoms with Crippen molar-refractivity contribution in [1.29, 1.82) is 0 Å². The number of carbonyl (C=O) groups is 3. The van der Waals surface area contributed by atoms with E-state index in [0.29, 0.717) is 4.47 Å². The number of esters is 1. The molecule has 0 heterocycles. The number of nitrogens with one attached hydrogen (secondary N) is 2. The normalized spacial score (nSPS) is 10.2. The molecule has 0 aromatic heterocycles. The maximum atomic E-state index is 13.4. The lowest BCUT2D eigenvalue weighted by atomic mass is 10.2. The van der Waals surface area contributed by atoms with E-state index in [1.807, 2.05) is 5.32 Å². The van der Waals surface area contributed by atoms with Crippen LogP contribution in [0.2, 0.25) is 0 Å². The van der Waals surface area contributed by atoms with Crippen LogP contribution in [-0.2, 0) is 14.3 Å². The Morgan fingerprint density at radius 1 is 1.38 bits per heavy atom. The number of rotatable bonds is 4. The second-order valence-electron chi connectivity index (χ2n) is 3.73. The maximum absolute atomic E-state index is 13.4. The molecule has 0 atom stereocenters. The van der Waals surface area contributed by atoms with Crippen LogP contribution < -0.4 is 10.6 Å². The number of benzene rings is 1. The molecule has 0 saturated heterocycles. The highest BCUT2D eigenvalue weighted by atomic mass is 79.9. The molecule has 0 unspecified atom stereocenters. The van der Waals surface area contributed by atoms with Gasteiger partial charge in [0.25, 0.3) is 5.91 Å². The van der Waals surface area contributed by atoms with Crippen molar-refractivity contribution in [2.45, 2.75) is 0 Å². The van der Waals surface area contributed by atoms with Crippen LogP contribution in [0, 0.1) is 5.82 Å². The van der Waals surface area contributed by atoms with Crippen LogP contribution in [0.1, 0.15) is 5.56 Å². The van der Waals surface area contributed by atoms with Gasteiger partial charge in [-0.05, 0) is 24.3 Å². The van der Waals surface area contributed by atoms with E-state index in [2.05, 4.69) is 26.0 Å². The van der Waals surface area contributed by atoms with Crippen molar-refractivity contribution in [1.82, 2.24) is 10.6 Å². The molecule has 21 heavy (non-hydrogen) atoms.